The van der Waals surface area contributed by atoms with E-state index < -0.39 is 23.3 Å². The number of thioether (sulfide) groups is 1. The predicted octanol–water partition coefficient (Wildman–Crippen LogP) is 4.70. The van der Waals surface area contributed by atoms with Gasteiger partial charge >= 0.3 is 5.97 Å². The SMILES string of the molecule is O=C(O)c1ccc(F)c(F)c1Nc1ccccc1SCCl. The standard InChI is InChI=1S/C14H10ClF2NO2S/c15-7-21-11-4-2-1-3-10(11)18-13-8(14(19)20)5-6-9(16)12(13)17/h1-6,18H,7H2,(H,19,20). The van der Waals surface area contributed by atoms with E-state index in [4.69, 9.17) is 16.7 Å². The van der Waals surface area contributed by atoms with E-state index in [0.717, 1.165) is 12.1 Å². The van der Waals surface area contributed by atoms with E-state index in [1.54, 1.807) is 24.3 Å². The number of aromatic carboxylic acids is 1. The van der Waals surface area contributed by atoms with Crippen LogP contribution in [0.25, 0.3) is 0 Å². The van der Waals surface area contributed by atoms with Crippen molar-refractivity contribution in [2.75, 3.05) is 10.5 Å². The van der Waals surface area contributed by atoms with Crippen molar-refractivity contribution < 1.29 is 18.7 Å². The Morgan fingerprint density at radius 1 is 1.24 bits per heavy atom. The van der Waals surface area contributed by atoms with Crippen LogP contribution in [0.4, 0.5) is 20.2 Å². The van der Waals surface area contributed by atoms with E-state index in [0.29, 0.717) is 10.6 Å². The van der Waals surface area contributed by atoms with E-state index in [1.165, 1.54) is 11.8 Å². The number of alkyl halides is 1. The maximum Gasteiger partial charge on any atom is 0.337 e. The summed E-state index contributed by atoms with van der Waals surface area (Å²) in [6, 6.07) is 8.63. The first-order chi connectivity index (χ1) is 10.0. The van der Waals surface area contributed by atoms with Gasteiger partial charge in [0, 0.05) is 4.90 Å². The summed E-state index contributed by atoms with van der Waals surface area (Å²) < 4.78 is 27.2. The van der Waals surface area contributed by atoms with Gasteiger partial charge in [-0.1, -0.05) is 12.1 Å². The van der Waals surface area contributed by atoms with Gasteiger partial charge in [0.05, 0.1) is 22.2 Å². The van der Waals surface area contributed by atoms with E-state index in [-0.39, 0.29) is 10.8 Å². The molecular weight excluding hydrogens is 320 g/mol. The van der Waals surface area contributed by atoms with Crippen LogP contribution >= 0.6 is 23.4 Å². The minimum absolute atomic E-state index is 0.274. The molecule has 0 saturated heterocycles. The van der Waals surface area contributed by atoms with Crippen molar-refractivity contribution >= 4 is 40.7 Å². The molecule has 0 spiro atoms. The Hall–Kier alpha value is -1.79. The Balaban J connectivity index is 2.49. The monoisotopic (exact) mass is 329 g/mol. The predicted molar refractivity (Wildman–Crippen MR) is 79.6 cm³/mol. The normalized spacial score (nSPS) is 10.4. The first kappa shape index (κ1) is 15.6. The topological polar surface area (TPSA) is 49.3 Å². The van der Waals surface area contributed by atoms with Gasteiger partial charge in [0.1, 0.15) is 0 Å². The van der Waals surface area contributed by atoms with Crippen molar-refractivity contribution in [3.05, 3.63) is 53.6 Å². The maximum absolute atomic E-state index is 13.9. The third-order valence-corrected chi connectivity index (χ3v) is 3.79. The van der Waals surface area contributed by atoms with Gasteiger partial charge in [-0.25, -0.2) is 13.6 Å². The van der Waals surface area contributed by atoms with Gasteiger partial charge < -0.3 is 10.4 Å². The third kappa shape index (κ3) is 3.46. The molecule has 0 aliphatic carbocycles. The van der Waals surface area contributed by atoms with Crippen LogP contribution in [0.2, 0.25) is 0 Å². The third-order valence-electron chi connectivity index (χ3n) is 2.68. The number of hydrogen-bond donors (Lipinski definition) is 2. The molecule has 2 aromatic rings. The Labute approximate surface area is 128 Å². The Kier molecular flexibility index (Phi) is 5.03. The molecule has 0 aliphatic rings. The van der Waals surface area contributed by atoms with Crippen LogP contribution in [0.5, 0.6) is 0 Å². The summed E-state index contributed by atoms with van der Waals surface area (Å²) in [4.78, 5) is 11.8. The van der Waals surface area contributed by atoms with Crippen molar-refractivity contribution in [2.24, 2.45) is 0 Å². The number of carboxylic acid groups (broad SMARTS) is 1. The van der Waals surface area contributed by atoms with Gasteiger partial charge in [-0.2, -0.15) is 0 Å². The molecule has 7 heteroatoms. The van der Waals surface area contributed by atoms with Gasteiger partial charge in [-0.3, -0.25) is 0 Å². The highest BCUT2D eigenvalue weighted by molar-refractivity contribution is 8.00. The summed E-state index contributed by atoms with van der Waals surface area (Å²) in [5.74, 6) is -3.70. The molecule has 0 aromatic heterocycles. The second kappa shape index (κ2) is 6.78. The first-order valence-electron chi connectivity index (χ1n) is 5.80. The number of hydrogen-bond acceptors (Lipinski definition) is 3. The smallest absolute Gasteiger partial charge is 0.337 e. The molecule has 0 atom stereocenters. The second-order valence-corrected chi connectivity index (χ2v) is 5.57. The zero-order valence-corrected chi connectivity index (χ0v) is 12.1. The summed E-state index contributed by atoms with van der Waals surface area (Å²) in [5.41, 5.74) is -0.306. The Bertz CT molecular complexity index is 682. The van der Waals surface area contributed by atoms with Crippen molar-refractivity contribution in [1.29, 1.82) is 0 Å². The maximum atomic E-state index is 13.9. The zero-order chi connectivity index (χ0) is 15.4. The van der Waals surface area contributed by atoms with Gasteiger partial charge in [-0.15, -0.1) is 23.4 Å². The number of carboxylic acids is 1. The number of halogens is 3. The van der Waals surface area contributed by atoms with Gasteiger partial charge in [0.15, 0.2) is 11.6 Å². The summed E-state index contributed by atoms with van der Waals surface area (Å²) >= 11 is 6.94. The van der Waals surface area contributed by atoms with Crippen LogP contribution in [0, 0.1) is 11.6 Å². The fraction of sp³-hybridized carbons (Fsp3) is 0.0714. The highest BCUT2D eigenvalue weighted by Gasteiger charge is 2.19. The summed E-state index contributed by atoms with van der Waals surface area (Å²) in [5, 5.41) is 12.0. The molecule has 0 unspecified atom stereocenters. The number of rotatable bonds is 5. The molecule has 21 heavy (non-hydrogen) atoms. The lowest BCUT2D eigenvalue weighted by atomic mass is 10.1. The number of anilines is 2. The fourth-order valence-electron chi connectivity index (χ4n) is 1.74. The minimum atomic E-state index is -1.35. The van der Waals surface area contributed by atoms with E-state index >= 15 is 0 Å². The lowest BCUT2D eigenvalue weighted by molar-refractivity contribution is 0.0697. The van der Waals surface area contributed by atoms with Crippen molar-refractivity contribution in [3.8, 4) is 0 Å². The van der Waals surface area contributed by atoms with Crippen LogP contribution in [0.3, 0.4) is 0 Å². The number of nitrogens with one attached hydrogen (secondary N) is 1. The van der Waals surface area contributed by atoms with Crippen LogP contribution in [-0.2, 0) is 0 Å². The molecule has 2 N–H and O–H groups in total. The largest absolute Gasteiger partial charge is 0.478 e. The molecule has 0 saturated carbocycles. The molecular formula is C14H10ClF2NO2S. The Morgan fingerprint density at radius 2 is 1.95 bits per heavy atom. The van der Waals surface area contributed by atoms with Crippen LogP contribution in [0.1, 0.15) is 10.4 Å². The minimum Gasteiger partial charge on any atom is -0.478 e. The Morgan fingerprint density at radius 3 is 2.62 bits per heavy atom. The molecule has 0 bridgehead atoms. The summed E-state index contributed by atoms with van der Waals surface area (Å²) in [6.45, 7) is 0. The van der Waals surface area contributed by atoms with Crippen LogP contribution < -0.4 is 5.32 Å². The van der Waals surface area contributed by atoms with E-state index in [2.05, 4.69) is 5.32 Å². The van der Waals surface area contributed by atoms with Crippen LogP contribution in [0.15, 0.2) is 41.3 Å². The summed E-state index contributed by atoms with van der Waals surface area (Å²) in [7, 11) is 0. The highest BCUT2D eigenvalue weighted by Crippen LogP contribution is 2.33. The zero-order valence-electron chi connectivity index (χ0n) is 10.6. The van der Waals surface area contributed by atoms with E-state index in [1.807, 2.05) is 0 Å². The molecule has 2 aromatic carbocycles. The molecule has 3 nitrogen and oxygen atoms in total. The molecule has 0 amide bonds. The van der Waals surface area contributed by atoms with Gasteiger partial charge in [0.25, 0.3) is 0 Å². The summed E-state index contributed by atoms with van der Waals surface area (Å²) in [6.07, 6.45) is 0. The molecule has 0 radical (unpaired) electrons. The first-order valence-corrected chi connectivity index (χ1v) is 7.32. The quantitative estimate of drug-likeness (QED) is 0.617. The molecule has 0 heterocycles. The number of carbonyl (C=O) groups is 1. The molecule has 2 rings (SSSR count). The second-order valence-electron chi connectivity index (χ2n) is 3.96. The lowest BCUT2D eigenvalue weighted by Gasteiger charge is -2.14. The van der Waals surface area contributed by atoms with Crippen molar-refractivity contribution in [1.82, 2.24) is 0 Å². The fourth-order valence-corrected chi connectivity index (χ4v) is 2.66. The van der Waals surface area contributed by atoms with Crippen molar-refractivity contribution in [3.63, 3.8) is 0 Å². The van der Waals surface area contributed by atoms with E-state index in [9.17, 15) is 13.6 Å². The lowest BCUT2D eigenvalue weighted by Crippen LogP contribution is -2.07. The van der Waals surface area contributed by atoms with Crippen LogP contribution in [-0.4, -0.2) is 16.3 Å². The van der Waals surface area contributed by atoms with Gasteiger partial charge in [0.2, 0.25) is 0 Å². The number of benzene rings is 2. The average molecular weight is 330 g/mol. The van der Waals surface area contributed by atoms with Crippen molar-refractivity contribution in [2.45, 2.75) is 4.90 Å². The average Bonchev–Trinajstić information content (AvgIpc) is 2.46. The molecule has 0 aliphatic heterocycles. The number of para-hydroxylation sites is 1. The highest BCUT2D eigenvalue weighted by atomic mass is 35.5. The molecule has 0 fully saturated rings. The molecule has 110 valence electrons. The van der Waals surface area contributed by atoms with Gasteiger partial charge in [-0.05, 0) is 24.3 Å².